The average molecular weight is 315 g/mol. The Morgan fingerprint density at radius 3 is 3.13 bits per heavy atom. The van der Waals surface area contributed by atoms with Crippen LogP contribution in [0, 0.1) is 5.92 Å². The van der Waals surface area contributed by atoms with Crippen LogP contribution in [-0.2, 0) is 6.42 Å². The van der Waals surface area contributed by atoms with Gasteiger partial charge in [-0.25, -0.2) is 4.98 Å². The van der Waals surface area contributed by atoms with Crippen LogP contribution in [0.25, 0.3) is 0 Å². The second kappa shape index (κ2) is 6.51. The van der Waals surface area contributed by atoms with Crippen molar-refractivity contribution in [3.8, 4) is 11.5 Å². The molecule has 1 aromatic carbocycles. The number of hydrogen-bond acceptors (Lipinski definition) is 5. The first-order valence-corrected chi connectivity index (χ1v) is 7.28. The van der Waals surface area contributed by atoms with Crippen LogP contribution < -0.4 is 20.3 Å². The number of benzene rings is 1. The van der Waals surface area contributed by atoms with Gasteiger partial charge in [0.2, 0.25) is 0 Å². The molecule has 2 N–H and O–H groups in total. The van der Waals surface area contributed by atoms with E-state index in [1.807, 2.05) is 18.2 Å². The zero-order valence-corrected chi connectivity index (χ0v) is 12.7. The zero-order chi connectivity index (χ0) is 16.2. The standard InChI is InChI=1S/C16H17N3O4/c1-22-12-3-2-11-4-10(9-23-14(11)5-12)6-19-16(21)13-7-18-15(20)8-17-13/h2-3,5,7-8,10H,4,6,9H2,1H3,(H,18,20)(H,19,21)/t10-/m1/s1. The number of aromatic amines is 1. The first kappa shape index (κ1) is 15.1. The van der Waals surface area contributed by atoms with E-state index in [-0.39, 0.29) is 23.1 Å². The topological polar surface area (TPSA) is 93.3 Å². The van der Waals surface area contributed by atoms with E-state index in [0.29, 0.717) is 13.2 Å². The summed E-state index contributed by atoms with van der Waals surface area (Å²) in [5.74, 6) is 1.46. The lowest BCUT2D eigenvalue weighted by Crippen LogP contribution is -2.35. The fraction of sp³-hybridized carbons (Fsp3) is 0.312. The summed E-state index contributed by atoms with van der Waals surface area (Å²) in [4.78, 5) is 29.1. The van der Waals surface area contributed by atoms with Crippen molar-refractivity contribution in [3.63, 3.8) is 0 Å². The van der Waals surface area contributed by atoms with Crippen LogP contribution >= 0.6 is 0 Å². The Morgan fingerprint density at radius 1 is 1.52 bits per heavy atom. The highest BCUT2D eigenvalue weighted by Gasteiger charge is 2.21. The first-order chi connectivity index (χ1) is 11.2. The summed E-state index contributed by atoms with van der Waals surface area (Å²) in [6.45, 7) is 1.00. The largest absolute Gasteiger partial charge is 0.497 e. The van der Waals surface area contributed by atoms with Crippen molar-refractivity contribution in [2.75, 3.05) is 20.3 Å². The van der Waals surface area contributed by atoms with Gasteiger partial charge in [0.15, 0.2) is 0 Å². The fourth-order valence-electron chi connectivity index (χ4n) is 2.47. The van der Waals surface area contributed by atoms with Gasteiger partial charge in [-0.05, 0) is 18.1 Å². The van der Waals surface area contributed by atoms with Crippen molar-refractivity contribution in [2.45, 2.75) is 6.42 Å². The SMILES string of the molecule is COc1ccc2c(c1)OC[C@@H](CNC(=O)c1c[nH]c(=O)cn1)C2. The maximum atomic E-state index is 12.0. The van der Waals surface area contributed by atoms with Gasteiger partial charge in [0.1, 0.15) is 17.2 Å². The van der Waals surface area contributed by atoms with Gasteiger partial charge in [0.05, 0.1) is 19.9 Å². The molecular weight excluding hydrogens is 298 g/mol. The number of amides is 1. The number of ether oxygens (including phenoxy) is 2. The number of hydrogen-bond donors (Lipinski definition) is 2. The van der Waals surface area contributed by atoms with E-state index in [0.717, 1.165) is 29.7 Å². The molecule has 3 rings (SSSR count). The van der Waals surface area contributed by atoms with E-state index >= 15 is 0 Å². The van der Waals surface area contributed by atoms with Crippen molar-refractivity contribution in [2.24, 2.45) is 5.92 Å². The molecular formula is C16H17N3O4. The van der Waals surface area contributed by atoms with Crippen LogP contribution in [0.3, 0.4) is 0 Å². The Labute approximate surface area is 132 Å². The second-order valence-corrected chi connectivity index (χ2v) is 5.36. The molecule has 7 heteroatoms. The highest BCUT2D eigenvalue weighted by Crippen LogP contribution is 2.30. The summed E-state index contributed by atoms with van der Waals surface area (Å²) in [5.41, 5.74) is 0.944. The van der Waals surface area contributed by atoms with Gasteiger partial charge in [-0.3, -0.25) is 9.59 Å². The number of nitrogens with one attached hydrogen (secondary N) is 2. The van der Waals surface area contributed by atoms with E-state index in [9.17, 15) is 9.59 Å². The predicted octanol–water partition coefficient (Wildman–Crippen LogP) is 0.760. The molecule has 0 saturated carbocycles. The van der Waals surface area contributed by atoms with Crippen LogP contribution in [0.5, 0.6) is 11.5 Å². The summed E-state index contributed by atoms with van der Waals surface area (Å²) in [7, 11) is 1.62. The quantitative estimate of drug-likeness (QED) is 0.869. The number of rotatable bonds is 4. The van der Waals surface area contributed by atoms with E-state index in [4.69, 9.17) is 9.47 Å². The summed E-state index contributed by atoms with van der Waals surface area (Å²) < 4.78 is 10.9. The lowest BCUT2D eigenvalue weighted by atomic mass is 9.96. The Balaban J connectivity index is 1.58. The van der Waals surface area contributed by atoms with Gasteiger partial charge >= 0.3 is 0 Å². The van der Waals surface area contributed by atoms with E-state index in [2.05, 4.69) is 15.3 Å². The molecule has 2 aromatic rings. The number of aromatic nitrogens is 2. The van der Waals surface area contributed by atoms with Crippen LogP contribution in [-0.4, -0.2) is 36.1 Å². The third kappa shape index (κ3) is 3.50. The molecule has 1 atom stereocenters. The van der Waals surface area contributed by atoms with Crippen molar-refractivity contribution < 1.29 is 14.3 Å². The van der Waals surface area contributed by atoms with E-state index in [1.165, 1.54) is 6.20 Å². The molecule has 7 nitrogen and oxygen atoms in total. The van der Waals surface area contributed by atoms with Crippen LogP contribution in [0.4, 0.5) is 0 Å². The molecule has 23 heavy (non-hydrogen) atoms. The number of carbonyl (C=O) groups excluding carboxylic acids is 1. The maximum absolute atomic E-state index is 12.0. The third-order valence-electron chi connectivity index (χ3n) is 3.71. The van der Waals surface area contributed by atoms with Gasteiger partial charge in [-0.15, -0.1) is 0 Å². The van der Waals surface area contributed by atoms with Crippen LogP contribution in [0.1, 0.15) is 16.1 Å². The number of fused-ring (bicyclic) bond motifs is 1. The molecule has 1 aromatic heterocycles. The highest BCUT2D eigenvalue weighted by molar-refractivity contribution is 5.91. The van der Waals surface area contributed by atoms with Crippen molar-refractivity contribution in [3.05, 3.63) is 52.2 Å². The minimum Gasteiger partial charge on any atom is -0.497 e. The number of methoxy groups -OCH3 is 1. The number of nitrogens with zero attached hydrogens (tertiary/aromatic N) is 1. The van der Waals surface area contributed by atoms with Gasteiger partial charge in [-0.1, -0.05) is 6.07 Å². The number of carbonyl (C=O) groups is 1. The fourth-order valence-corrected chi connectivity index (χ4v) is 2.47. The van der Waals surface area contributed by atoms with Crippen molar-refractivity contribution in [1.82, 2.24) is 15.3 Å². The molecule has 0 saturated heterocycles. The third-order valence-corrected chi connectivity index (χ3v) is 3.71. The highest BCUT2D eigenvalue weighted by atomic mass is 16.5. The van der Waals surface area contributed by atoms with E-state index in [1.54, 1.807) is 7.11 Å². The average Bonchev–Trinajstić information content (AvgIpc) is 2.59. The van der Waals surface area contributed by atoms with E-state index < -0.39 is 0 Å². The van der Waals surface area contributed by atoms with Crippen molar-refractivity contribution >= 4 is 5.91 Å². The molecule has 2 heterocycles. The molecule has 0 spiro atoms. The summed E-state index contributed by atoms with van der Waals surface area (Å²) in [5, 5.41) is 2.81. The molecule has 0 unspecified atom stereocenters. The Hall–Kier alpha value is -2.83. The Kier molecular flexibility index (Phi) is 4.27. The van der Waals surface area contributed by atoms with Gasteiger partial charge in [0, 0.05) is 24.7 Å². The zero-order valence-electron chi connectivity index (χ0n) is 12.7. The molecule has 0 aliphatic carbocycles. The minimum atomic E-state index is -0.339. The van der Waals surface area contributed by atoms with Crippen LogP contribution in [0.2, 0.25) is 0 Å². The molecule has 120 valence electrons. The first-order valence-electron chi connectivity index (χ1n) is 7.28. The Bertz CT molecular complexity index is 752. The molecule has 1 aliphatic heterocycles. The van der Waals surface area contributed by atoms with Gasteiger partial charge in [0.25, 0.3) is 11.5 Å². The van der Waals surface area contributed by atoms with Gasteiger partial charge < -0.3 is 19.8 Å². The minimum absolute atomic E-state index is 0.183. The Morgan fingerprint density at radius 2 is 2.39 bits per heavy atom. The summed E-state index contributed by atoms with van der Waals surface area (Å²) in [6.07, 6.45) is 3.21. The van der Waals surface area contributed by atoms with Gasteiger partial charge in [-0.2, -0.15) is 0 Å². The lowest BCUT2D eigenvalue weighted by Gasteiger charge is -2.25. The summed E-state index contributed by atoms with van der Waals surface area (Å²) >= 11 is 0. The van der Waals surface area contributed by atoms with Crippen molar-refractivity contribution in [1.29, 1.82) is 0 Å². The normalized spacial score (nSPS) is 16.1. The molecule has 0 radical (unpaired) electrons. The summed E-state index contributed by atoms with van der Waals surface area (Å²) in [6, 6.07) is 5.74. The second-order valence-electron chi connectivity index (χ2n) is 5.36. The predicted molar refractivity (Wildman–Crippen MR) is 82.9 cm³/mol. The molecule has 0 fully saturated rings. The molecule has 1 aliphatic rings. The number of H-pyrrole nitrogens is 1. The smallest absolute Gasteiger partial charge is 0.271 e. The van der Waals surface area contributed by atoms with Crippen LogP contribution in [0.15, 0.2) is 35.4 Å². The maximum Gasteiger partial charge on any atom is 0.271 e. The monoisotopic (exact) mass is 315 g/mol. The lowest BCUT2D eigenvalue weighted by molar-refractivity contribution is 0.0933. The molecule has 0 bridgehead atoms. The molecule has 1 amide bonds.